The first-order valence-electron chi connectivity index (χ1n) is 7.13. The molecule has 3 rings (SSSR count). The van der Waals surface area contributed by atoms with Crippen molar-refractivity contribution in [3.63, 3.8) is 0 Å². The van der Waals surface area contributed by atoms with Gasteiger partial charge in [0, 0.05) is 18.2 Å². The number of nitrogens with zero attached hydrogens (tertiary/aromatic N) is 2. The van der Waals surface area contributed by atoms with E-state index in [0.717, 1.165) is 13.1 Å². The maximum atomic E-state index is 4.33. The van der Waals surface area contributed by atoms with Gasteiger partial charge < -0.3 is 9.88 Å². The molecule has 0 bridgehead atoms. The number of hydrogen-bond acceptors (Lipinski definition) is 2. The molecule has 2 aromatic rings. The number of aromatic nitrogens is 2. The van der Waals surface area contributed by atoms with Gasteiger partial charge in [-0.2, -0.15) is 0 Å². The second-order valence-electron chi connectivity index (χ2n) is 5.45. The summed E-state index contributed by atoms with van der Waals surface area (Å²) in [5.41, 5.74) is 3.77. The lowest BCUT2D eigenvalue weighted by Gasteiger charge is -2.24. The Balaban J connectivity index is 1.81. The van der Waals surface area contributed by atoms with Crippen LogP contribution in [0.15, 0.2) is 36.8 Å². The smallest absolute Gasteiger partial charge is 0.0951 e. The molecule has 100 valence electrons. The normalized spacial score (nSPS) is 19.5. The van der Waals surface area contributed by atoms with Gasteiger partial charge in [0.1, 0.15) is 0 Å². The Hall–Kier alpha value is -1.61. The number of piperidine rings is 1. The summed E-state index contributed by atoms with van der Waals surface area (Å²) in [5, 5.41) is 3.60. The number of rotatable bonds is 3. The second-order valence-corrected chi connectivity index (χ2v) is 5.45. The summed E-state index contributed by atoms with van der Waals surface area (Å²) in [6.07, 6.45) is 7.84. The summed E-state index contributed by atoms with van der Waals surface area (Å²) in [6.45, 7) is 4.30. The molecule has 0 amide bonds. The van der Waals surface area contributed by atoms with E-state index in [1.54, 1.807) is 0 Å². The molecular formula is C16H21N3. The van der Waals surface area contributed by atoms with Crippen molar-refractivity contribution in [2.24, 2.45) is 0 Å². The molecule has 0 radical (unpaired) electrons. The van der Waals surface area contributed by atoms with Crippen LogP contribution in [0.2, 0.25) is 0 Å². The summed E-state index contributed by atoms with van der Waals surface area (Å²) < 4.78 is 2.28. The summed E-state index contributed by atoms with van der Waals surface area (Å²) in [6, 6.07) is 9.22. The second kappa shape index (κ2) is 5.57. The summed E-state index contributed by atoms with van der Waals surface area (Å²) in [7, 11) is 0. The number of benzene rings is 1. The molecule has 1 aromatic heterocycles. The SMILES string of the molecule is Cc1cccc(-c2cncn2CC2CCCCN2)c1. The average molecular weight is 255 g/mol. The van der Waals surface area contributed by atoms with E-state index in [9.17, 15) is 0 Å². The van der Waals surface area contributed by atoms with E-state index in [-0.39, 0.29) is 0 Å². The third-order valence-electron chi connectivity index (χ3n) is 3.86. The van der Waals surface area contributed by atoms with E-state index in [2.05, 4.69) is 46.1 Å². The van der Waals surface area contributed by atoms with Crippen LogP contribution < -0.4 is 5.32 Å². The van der Waals surface area contributed by atoms with Gasteiger partial charge in [-0.15, -0.1) is 0 Å². The maximum absolute atomic E-state index is 4.33. The first-order chi connectivity index (χ1) is 9.33. The Morgan fingerprint density at radius 3 is 3.11 bits per heavy atom. The van der Waals surface area contributed by atoms with Crippen LogP contribution in [0.1, 0.15) is 24.8 Å². The fourth-order valence-electron chi connectivity index (χ4n) is 2.83. The van der Waals surface area contributed by atoms with Crippen molar-refractivity contribution in [3.8, 4) is 11.3 Å². The van der Waals surface area contributed by atoms with Crippen molar-refractivity contribution in [2.45, 2.75) is 38.8 Å². The summed E-state index contributed by atoms with van der Waals surface area (Å²) in [4.78, 5) is 4.33. The molecule has 0 spiro atoms. The van der Waals surface area contributed by atoms with Crippen LogP contribution in [0.5, 0.6) is 0 Å². The molecular weight excluding hydrogens is 234 g/mol. The van der Waals surface area contributed by atoms with Crippen LogP contribution in [-0.2, 0) is 6.54 Å². The third kappa shape index (κ3) is 2.87. The highest BCUT2D eigenvalue weighted by molar-refractivity contribution is 5.59. The van der Waals surface area contributed by atoms with Crippen LogP contribution in [0, 0.1) is 6.92 Å². The van der Waals surface area contributed by atoms with Crippen LogP contribution in [0.25, 0.3) is 11.3 Å². The Morgan fingerprint density at radius 2 is 2.32 bits per heavy atom. The number of aryl methyl sites for hydroxylation is 1. The van der Waals surface area contributed by atoms with Crippen LogP contribution >= 0.6 is 0 Å². The predicted molar refractivity (Wildman–Crippen MR) is 78.0 cm³/mol. The quantitative estimate of drug-likeness (QED) is 0.913. The molecule has 1 aliphatic heterocycles. The highest BCUT2D eigenvalue weighted by Crippen LogP contribution is 2.21. The molecule has 3 nitrogen and oxygen atoms in total. The molecule has 0 saturated carbocycles. The van der Waals surface area contributed by atoms with Gasteiger partial charge in [0.05, 0.1) is 18.2 Å². The van der Waals surface area contributed by atoms with Gasteiger partial charge in [0.2, 0.25) is 0 Å². The molecule has 1 N–H and O–H groups in total. The minimum atomic E-state index is 0.589. The lowest BCUT2D eigenvalue weighted by molar-refractivity contribution is 0.364. The van der Waals surface area contributed by atoms with E-state index in [1.807, 2.05) is 12.5 Å². The van der Waals surface area contributed by atoms with Crippen molar-refractivity contribution >= 4 is 0 Å². The zero-order valence-corrected chi connectivity index (χ0v) is 11.5. The summed E-state index contributed by atoms with van der Waals surface area (Å²) in [5.74, 6) is 0. The fraction of sp³-hybridized carbons (Fsp3) is 0.438. The lowest BCUT2D eigenvalue weighted by atomic mass is 10.0. The Bertz CT molecular complexity index is 538. The molecule has 3 heteroatoms. The van der Waals surface area contributed by atoms with Gasteiger partial charge in [-0.1, -0.05) is 30.2 Å². The van der Waals surface area contributed by atoms with Gasteiger partial charge in [-0.05, 0) is 32.4 Å². The molecule has 1 atom stereocenters. The van der Waals surface area contributed by atoms with Gasteiger partial charge in [0.15, 0.2) is 0 Å². The van der Waals surface area contributed by atoms with Crippen molar-refractivity contribution < 1.29 is 0 Å². The molecule has 2 heterocycles. The Labute approximate surface area is 114 Å². The molecule has 1 unspecified atom stereocenters. The van der Waals surface area contributed by atoms with Gasteiger partial charge in [0.25, 0.3) is 0 Å². The van der Waals surface area contributed by atoms with Crippen LogP contribution in [0.4, 0.5) is 0 Å². The highest BCUT2D eigenvalue weighted by Gasteiger charge is 2.14. The van der Waals surface area contributed by atoms with Gasteiger partial charge in [-0.3, -0.25) is 0 Å². The first kappa shape index (κ1) is 12.4. The standard InChI is InChI=1S/C16H21N3/c1-13-5-4-6-14(9-13)16-10-17-12-19(16)11-15-7-2-3-8-18-15/h4-6,9-10,12,15,18H,2-3,7-8,11H2,1H3. The number of hydrogen-bond donors (Lipinski definition) is 1. The van der Waals surface area contributed by atoms with Crippen molar-refractivity contribution in [1.29, 1.82) is 0 Å². The lowest BCUT2D eigenvalue weighted by Crippen LogP contribution is -2.37. The molecule has 1 fully saturated rings. The van der Waals surface area contributed by atoms with Crippen molar-refractivity contribution in [1.82, 2.24) is 14.9 Å². The molecule has 1 saturated heterocycles. The van der Waals surface area contributed by atoms with Gasteiger partial charge >= 0.3 is 0 Å². The zero-order valence-electron chi connectivity index (χ0n) is 11.5. The number of imidazole rings is 1. The largest absolute Gasteiger partial charge is 0.329 e. The molecule has 1 aromatic carbocycles. The van der Waals surface area contributed by atoms with Crippen molar-refractivity contribution in [2.75, 3.05) is 6.54 Å². The van der Waals surface area contributed by atoms with E-state index in [0.29, 0.717) is 6.04 Å². The first-order valence-corrected chi connectivity index (χ1v) is 7.13. The third-order valence-corrected chi connectivity index (χ3v) is 3.86. The van der Waals surface area contributed by atoms with E-state index in [1.165, 1.54) is 36.1 Å². The Kier molecular flexibility index (Phi) is 3.65. The maximum Gasteiger partial charge on any atom is 0.0951 e. The fourth-order valence-corrected chi connectivity index (χ4v) is 2.83. The minimum Gasteiger partial charge on any atom is -0.329 e. The highest BCUT2D eigenvalue weighted by atomic mass is 15.1. The monoisotopic (exact) mass is 255 g/mol. The minimum absolute atomic E-state index is 0.589. The van der Waals surface area contributed by atoms with E-state index < -0.39 is 0 Å². The van der Waals surface area contributed by atoms with E-state index in [4.69, 9.17) is 0 Å². The summed E-state index contributed by atoms with van der Waals surface area (Å²) >= 11 is 0. The number of nitrogens with one attached hydrogen (secondary N) is 1. The van der Waals surface area contributed by atoms with Crippen LogP contribution in [-0.4, -0.2) is 22.1 Å². The van der Waals surface area contributed by atoms with Gasteiger partial charge in [-0.25, -0.2) is 4.98 Å². The predicted octanol–water partition coefficient (Wildman–Crippen LogP) is 3.00. The molecule has 0 aliphatic carbocycles. The van der Waals surface area contributed by atoms with E-state index >= 15 is 0 Å². The van der Waals surface area contributed by atoms with Crippen LogP contribution in [0.3, 0.4) is 0 Å². The Morgan fingerprint density at radius 1 is 1.37 bits per heavy atom. The topological polar surface area (TPSA) is 29.9 Å². The average Bonchev–Trinajstić information content (AvgIpc) is 2.88. The molecule has 1 aliphatic rings. The van der Waals surface area contributed by atoms with Crippen molar-refractivity contribution in [3.05, 3.63) is 42.4 Å². The molecule has 19 heavy (non-hydrogen) atoms. The zero-order chi connectivity index (χ0) is 13.1.